The molecule has 2 nitrogen and oxygen atoms in total. The fraction of sp³-hybridized carbons (Fsp3) is 0.429. The minimum absolute atomic E-state index is 0.287. The van der Waals surface area contributed by atoms with Crippen LogP contribution in [-0.4, -0.2) is 29.6 Å². The quantitative estimate of drug-likeness (QED) is 0.754. The molecule has 0 amide bonds. The number of hydrogen-bond acceptors (Lipinski definition) is 2. The molecule has 1 aromatic rings. The van der Waals surface area contributed by atoms with E-state index < -0.39 is 0 Å². The molecule has 0 aromatic heterocycles. The zero-order valence-electron chi connectivity index (χ0n) is 9.19. The summed E-state index contributed by atoms with van der Waals surface area (Å²) in [5.74, 6) is 3.81. The molecule has 2 fully saturated rings. The van der Waals surface area contributed by atoms with Crippen molar-refractivity contribution in [2.45, 2.75) is 11.8 Å². The van der Waals surface area contributed by atoms with Gasteiger partial charge in [0.2, 0.25) is 0 Å². The maximum atomic E-state index is 9.53. The Balaban J connectivity index is 1.85. The molecule has 2 heteroatoms. The van der Waals surface area contributed by atoms with Crippen molar-refractivity contribution in [2.24, 2.45) is 5.92 Å². The van der Waals surface area contributed by atoms with Crippen molar-refractivity contribution in [3.8, 4) is 18.1 Å². The number of aromatic hydroxyl groups is 1. The summed E-state index contributed by atoms with van der Waals surface area (Å²) in [6.07, 6.45) is 6.59. The maximum Gasteiger partial charge on any atom is 0.115 e. The highest BCUT2D eigenvalue weighted by molar-refractivity contribution is 5.41. The van der Waals surface area contributed by atoms with Crippen LogP contribution in [0.1, 0.15) is 12.0 Å². The van der Waals surface area contributed by atoms with Crippen molar-refractivity contribution < 1.29 is 5.11 Å². The number of nitrogens with zero attached hydrogens (tertiary/aromatic N) is 1. The molecule has 2 aliphatic rings. The average Bonchev–Trinajstić information content (AvgIpc) is 2.83. The zero-order valence-corrected chi connectivity index (χ0v) is 9.19. The molecule has 3 rings (SSSR count). The standard InChI is InChI=1S/C14H15NO/c1-2-6-15-9-12-8-14(12,10-15)11-4-3-5-13(16)7-11/h1,3-5,7,12,16H,6,8-10H2. The number of likely N-dealkylation sites (tertiary alicyclic amines) is 1. The van der Waals surface area contributed by atoms with Gasteiger partial charge in [-0.15, -0.1) is 6.42 Å². The van der Waals surface area contributed by atoms with E-state index in [2.05, 4.69) is 16.9 Å². The van der Waals surface area contributed by atoms with Crippen LogP contribution < -0.4 is 0 Å². The van der Waals surface area contributed by atoms with Crippen molar-refractivity contribution in [1.82, 2.24) is 4.90 Å². The van der Waals surface area contributed by atoms with E-state index in [0.717, 1.165) is 25.6 Å². The molecule has 1 heterocycles. The van der Waals surface area contributed by atoms with E-state index in [1.54, 1.807) is 6.07 Å². The van der Waals surface area contributed by atoms with Crippen molar-refractivity contribution in [3.63, 3.8) is 0 Å². The fourth-order valence-electron chi connectivity index (χ4n) is 3.10. The number of rotatable bonds is 2. The highest BCUT2D eigenvalue weighted by atomic mass is 16.3. The zero-order chi connectivity index (χ0) is 11.2. The highest BCUT2D eigenvalue weighted by Crippen LogP contribution is 2.59. The average molecular weight is 213 g/mol. The fourth-order valence-corrected chi connectivity index (χ4v) is 3.10. The first kappa shape index (κ1) is 9.74. The number of hydrogen-bond donors (Lipinski definition) is 1. The Morgan fingerprint density at radius 3 is 3.19 bits per heavy atom. The Morgan fingerprint density at radius 2 is 2.44 bits per heavy atom. The van der Waals surface area contributed by atoms with E-state index in [1.807, 2.05) is 12.1 Å². The van der Waals surface area contributed by atoms with Gasteiger partial charge in [0.25, 0.3) is 0 Å². The van der Waals surface area contributed by atoms with Crippen LogP contribution in [0.4, 0.5) is 0 Å². The first-order chi connectivity index (χ1) is 7.74. The third-order valence-electron chi connectivity index (χ3n) is 3.95. The summed E-state index contributed by atoms with van der Waals surface area (Å²) in [6.45, 7) is 2.91. The normalized spacial score (nSPS) is 32.1. The molecule has 1 saturated heterocycles. The SMILES string of the molecule is C#CCN1CC2CC2(c2cccc(O)c2)C1. The van der Waals surface area contributed by atoms with E-state index in [9.17, 15) is 5.11 Å². The number of phenolic OH excluding ortho intramolecular Hbond substituents is 1. The molecule has 0 spiro atoms. The Labute approximate surface area is 95.9 Å². The monoisotopic (exact) mass is 213 g/mol. The van der Waals surface area contributed by atoms with Gasteiger partial charge in [0.1, 0.15) is 5.75 Å². The van der Waals surface area contributed by atoms with Crippen LogP contribution in [0.15, 0.2) is 24.3 Å². The molecular weight excluding hydrogens is 198 g/mol. The maximum absolute atomic E-state index is 9.53. The van der Waals surface area contributed by atoms with Crippen LogP contribution in [0, 0.1) is 18.3 Å². The van der Waals surface area contributed by atoms with Crippen LogP contribution in [0.25, 0.3) is 0 Å². The summed E-state index contributed by atoms with van der Waals surface area (Å²) in [6, 6.07) is 7.68. The summed E-state index contributed by atoms with van der Waals surface area (Å²) in [5.41, 5.74) is 1.56. The minimum atomic E-state index is 0.287. The lowest BCUT2D eigenvalue weighted by Crippen LogP contribution is -2.26. The third-order valence-corrected chi connectivity index (χ3v) is 3.95. The number of piperidine rings is 1. The largest absolute Gasteiger partial charge is 0.508 e. The van der Waals surface area contributed by atoms with Crippen LogP contribution in [0.2, 0.25) is 0 Å². The van der Waals surface area contributed by atoms with Gasteiger partial charge in [-0.3, -0.25) is 4.90 Å². The number of fused-ring (bicyclic) bond motifs is 1. The first-order valence-electron chi connectivity index (χ1n) is 5.70. The van der Waals surface area contributed by atoms with E-state index in [4.69, 9.17) is 6.42 Å². The van der Waals surface area contributed by atoms with Gasteiger partial charge < -0.3 is 5.11 Å². The Hall–Kier alpha value is -1.46. The molecule has 0 radical (unpaired) electrons. The lowest BCUT2D eigenvalue weighted by Gasteiger charge is -2.18. The van der Waals surface area contributed by atoms with Crippen molar-refractivity contribution in [2.75, 3.05) is 19.6 Å². The van der Waals surface area contributed by atoms with Gasteiger partial charge in [0, 0.05) is 18.5 Å². The Morgan fingerprint density at radius 1 is 1.56 bits per heavy atom. The van der Waals surface area contributed by atoms with Crippen LogP contribution >= 0.6 is 0 Å². The molecule has 2 unspecified atom stereocenters. The molecule has 16 heavy (non-hydrogen) atoms. The second-order valence-electron chi connectivity index (χ2n) is 4.98. The second kappa shape index (κ2) is 3.26. The number of phenols is 1. The van der Waals surface area contributed by atoms with Gasteiger partial charge in [-0.05, 0) is 30.0 Å². The lowest BCUT2D eigenvalue weighted by atomic mass is 9.95. The number of benzene rings is 1. The van der Waals surface area contributed by atoms with E-state index in [0.29, 0.717) is 5.75 Å². The van der Waals surface area contributed by atoms with Crippen LogP contribution in [0.3, 0.4) is 0 Å². The molecule has 2 atom stereocenters. The van der Waals surface area contributed by atoms with Gasteiger partial charge in [-0.25, -0.2) is 0 Å². The van der Waals surface area contributed by atoms with E-state index in [-0.39, 0.29) is 5.41 Å². The molecular formula is C14H15NO. The topological polar surface area (TPSA) is 23.5 Å². The first-order valence-corrected chi connectivity index (χ1v) is 5.70. The third kappa shape index (κ3) is 1.32. The van der Waals surface area contributed by atoms with Crippen LogP contribution in [-0.2, 0) is 5.41 Å². The predicted octanol–water partition coefficient (Wildman–Crippen LogP) is 1.60. The van der Waals surface area contributed by atoms with Gasteiger partial charge in [0.05, 0.1) is 6.54 Å². The summed E-state index contributed by atoms with van der Waals surface area (Å²) in [7, 11) is 0. The van der Waals surface area contributed by atoms with Crippen molar-refractivity contribution in [1.29, 1.82) is 0 Å². The second-order valence-corrected chi connectivity index (χ2v) is 4.98. The summed E-state index contributed by atoms with van der Waals surface area (Å²) in [4.78, 5) is 2.33. The minimum Gasteiger partial charge on any atom is -0.508 e. The highest BCUT2D eigenvalue weighted by Gasteiger charge is 2.60. The van der Waals surface area contributed by atoms with E-state index in [1.165, 1.54) is 12.0 Å². The van der Waals surface area contributed by atoms with E-state index >= 15 is 0 Å². The lowest BCUT2D eigenvalue weighted by molar-refractivity contribution is 0.334. The van der Waals surface area contributed by atoms with Gasteiger partial charge in [-0.1, -0.05) is 18.1 Å². The molecule has 1 saturated carbocycles. The Bertz CT molecular complexity index is 462. The molecule has 1 N–H and O–H groups in total. The summed E-state index contributed by atoms with van der Waals surface area (Å²) < 4.78 is 0. The van der Waals surface area contributed by atoms with Crippen molar-refractivity contribution >= 4 is 0 Å². The molecule has 1 aliphatic heterocycles. The van der Waals surface area contributed by atoms with Gasteiger partial charge in [0.15, 0.2) is 0 Å². The predicted molar refractivity (Wildman–Crippen MR) is 63.2 cm³/mol. The van der Waals surface area contributed by atoms with Gasteiger partial charge in [-0.2, -0.15) is 0 Å². The molecule has 1 aliphatic carbocycles. The molecule has 0 bridgehead atoms. The number of terminal acetylenes is 1. The molecule has 1 aromatic carbocycles. The van der Waals surface area contributed by atoms with Crippen molar-refractivity contribution in [3.05, 3.63) is 29.8 Å². The van der Waals surface area contributed by atoms with Crippen LogP contribution in [0.5, 0.6) is 5.75 Å². The summed E-state index contributed by atoms with van der Waals surface area (Å²) >= 11 is 0. The molecule has 82 valence electrons. The van der Waals surface area contributed by atoms with Gasteiger partial charge >= 0.3 is 0 Å². The Kier molecular flexibility index (Phi) is 1.99. The smallest absolute Gasteiger partial charge is 0.115 e. The summed E-state index contributed by atoms with van der Waals surface area (Å²) in [5, 5.41) is 9.53.